The molecule has 8 heteroatoms. The van der Waals surface area contributed by atoms with Gasteiger partial charge in [0.25, 0.3) is 0 Å². The lowest BCUT2D eigenvalue weighted by Crippen LogP contribution is -2.40. The van der Waals surface area contributed by atoms with E-state index in [1.165, 1.54) is 4.90 Å². The summed E-state index contributed by atoms with van der Waals surface area (Å²) in [5.74, 6) is -0.734. The fourth-order valence-electron chi connectivity index (χ4n) is 0.822. The number of carbonyl (C=O) groups excluding carboxylic acids is 1. The molecule has 0 aliphatic heterocycles. The van der Waals surface area contributed by atoms with Gasteiger partial charge in [-0.15, -0.1) is 23.2 Å². The summed E-state index contributed by atoms with van der Waals surface area (Å²) in [5, 5.41) is 8.47. The number of nitrogens with zero attached hydrogens (tertiary/aromatic N) is 1. The number of carboxylic acid groups (broad SMARTS) is 1. The van der Waals surface area contributed by atoms with E-state index < -0.39 is 18.1 Å². The molecule has 0 aromatic carbocycles. The Morgan fingerprint density at radius 2 is 1.81 bits per heavy atom. The normalized spacial score (nSPS) is 11.9. The molecule has 0 aliphatic carbocycles. The van der Waals surface area contributed by atoms with Crippen molar-refractivity contribution in [3.05, 3.63) is 0 Å². The van der Waals surface area contributed by atoms with Gasteiger partial charge in [0.2, 0.25) is 0 Å². The Kier molecular flexibility index (Phi) is 8.05. The van der Waals surface area contributed by atoms with Crippen molar-refractivity contribution in [1.82, 2.24) is 4.90 Å². The van der Waals surface area contributed by atoms with Crippen LogP contribution in [0.5, 0.6) is 0 Å². The Labute approximate surface area is 103 Å². The molecule has 1 amide bonds. The topological polar surface area (TPSA) is 92.9 Å². The van der Waals surface area contributed by atoms with Gasteiger partial charge in [-0.1, -0.05) is 0 Å². The maximum atomic E-state index is 11.4. The second-order valence-corrected chi connectivity index (χ2v) is 3.64. The summed E-state index contributed by atoms with van der Waals surface area (Å²) in [6, 6.07) is -1.22. The molecule has 0 rings (SSSR count). The van der Waals surface area contributed by atoms with E-state index in [4.69, 9.17) is 38.8 Å². The average molecular weight is 273 g/mol. The van der Waals surface area contributed by atoms with Crippen LogP contribution < -0.4 is 5.73 Å². The number of ether oxygens (including phenoxy) is 1. The first kappa shape index (κ1) is 15.3. The van der Waals surface area contributed by atoms with E-state index >= 15 is 0 Å². The van der Waals surface area contributed by atoms with Gasteiger partial charge >= 0.3 is 12.1 Å². The zero-order valence-corrected chi connectivity index (χ0v) is 10.1. The number of halogens is 2. The maximum absolute atomic E-state index is 11.4. The van der Waals surface area contributed by atoms with Crippen LogP contribution >= 0.6 is 23.2 Å². The summed E-state index contributed by atoms with van der Waals surface area (Å²) in [5.41, 5.74) is 5.17. The van der Waals surface area contributed by atoms with Crippen molar-refractivity contribution in [3.63, 3.8) is 0 Å². The molecule has 0 aromatic heterocycles. The van der Waals surface area contributed by atoms with Gasteiger partial charge in [0, 0.05) is 24.8 Å². The lowest BCUT2D eigenvalue weighted by atomic mass is 10.3. The third kappa shape index (κ3) is 5.99. The molecule has 0 radical (unpaired) electrons. The predicted octanol–water partition coefficient (Wildman–Crippen LogP) is 0.314. The summed E-state index contributed by atoms with van der Waals surface area (Å²) >= 11 is 11.0. The molecule has 6 nitrogen and oxygen atoms in total. The van der Waals surface area contributed by atoms with Crippen molar-refractivity contribution in [2.45, 2.75) is 6.04 Å². The van der Waals surface area contributed by atoms with Crippen LogP contribution in [0.4, 0.5) is 4.79 Å². The van der Waals surface area contributed by atoms with E-state index in [0.29, 0.717) is 0 Å². The molecule has 0 saturated carbocycles. The number of alkyl halides is 2. The number of aliphatic carboxylic acids is 1. The number of rotatable bonds is 7. The summed E-state index contributed by atoms with van der Waals surface area (Å²) in [6.07, 6.45) is -0.669. The van der Waals surface area contributed by atoms with Crippen LogP contribution in [-0.4, -0.2) is 59.6 Å². The van der Waals surface area contributed by atoms with Gasteiger partial charge in [-0.25, -0.2) is 4.79 Å². The molecular weight excluding hydrogens is 259 g/mol. The minimum absolute atomic E-state index is 0.247. The molecule has 1 atom stereocenters. The van der Waals surface area contributed by atoms with Gasteiger partial charge < -0.3 is 20.5 Å². The number of amides is 1. The number of nitrogens with two attached hydrogens (primary N) is 1. The summed E-state index contributed by atoms with van der Waals surface area (Å²) in [7, 11) is 0. The van der Waals surface area contributed by atoms with E-state index in [1.54, 1.807) is 0 Å². The van der Waals surface area contributed by atoms with Gasteiger partial charge in [-0.3, -0.25) is 4.79 Å². The largest absolute Gasteiger partial charge is 0.480 e. The molecule has 0 aromatic rings. The Morgan fingerprint density at radius 1 is 1.31 bits per heavy atom. The highest BCUT2D eigenvalue weighted by Crippen LogP contribution is 1.97. The molecule has 0 bridgehead atoms. The standard InChI is InChI=1S/C8H14Cl2N2O4/c9-1-3-12(4-2-10)8(15)16-5-6(11)7(13)14/h6H,1-5,11H2,(H,13,14). The molecule has 1 unspecified atom stereocenters. The highest BCUT2D eigenvalue weighted by Gasteiger charge is 2.18. The van der Waals surface area contributed by atoms with E-state index in [2.05, 4.69) is 0 Å². The molecule has 94 valence electrons. The fraction of sp³-hybridized carbons (Fsp3) is 0.750. The number of carboxylic acids is 1. The highest BCUT2D eigenvalue weighted by atomic mass is 35.5. The minimum atomic E-state index is -1.23. The maximum Gasteiger partial charge on any atom is 0.409 e. The lowest BCUT2D eigenvalue weighted by Gasteiger charge is -2.20. The van der Waals surface area contributed by atoms with Crippen molar-refractivity contribution >= 4 is 35.3 Å². The van der Waals surface area contributed by atoms with Gasteiger partial charge in [0.15, 0.2) is 0 Å². The van der Waals surface area contributed by atoms with Crippen molar-refractivity contribution in [1.29, 1.82) is 0 Å². The van der Waals surface area contributed by atoms with Crippen LogP contribution in [-0.2, 0) is 9.53 Å². The Balaban J connectivity index is 4.04. The first-order chi connectivity index (χ1) is 7.52. The molecule has 0 heterocycles. The summed E-state index contributed by atoms with van der Waals surface area (Å²) < 4.78 is 4.70. The average Bonchev–Trinajstić information content (AvgIpc) is 2.24. The molecule has 0 spiro atoms. The second-order valence-electron chi connectivity index (χ2n) is 2.89. The van der Waals surface area contributed by atoms with E-state index in [-0.39, 0.29) is 31.5 Å². The first-order valence-corrected chi connectivity index (χ1v) is 5.61. The fourth-order valence-corrected chi connectivity index (χ4v) is 1.23. The van der Waals surface area contributed by atoms with Crippen LogP contribution in [0.3, 0.4) is 0 Å². The molecule has 0 aliphatic rings. The smallest absolute Gasteiger partial charge is 0.409 e. The Bertz CT molecular complexity index is 234. The van der Waals surface area contributed by atoms with Gasteiger partial charge in [-0.2, -0.15) is 0 Å². The van der Waals surface area contributed by atoms with E-state index in [9.17, 15) is 9.59 Å². The van der Waals surface area contributed by atoms with Crippen molar-refractivity contribution < 1.29 is 19.4 Å². The summed E-state index contributed by atoms with van der Waals surface area (Å²) in [6.45, 7) is 0.195. The third-order valence-electron chi connectivity index (χ3n) is 1.67. The van der Waals surface area contributed by atoms with Gasteiger partial charge in [0.05, 0.1) is 0 Å². The molecule has 16 heavy (non-hydrogen) atoms. The predicted molar refractivity (Wildman–Crippen MR) is 60.0 cm³/mol. The van der Waals surface area contributed by atoms with Crippen molar-refractivity contribution in [2.24, 2.45) is 5.73 Å². The molecule has 0 fully saturated rings. The Morgan fingerprint density at radius 3 is 2.19 bits per heavy atom. The number of carbonyl (C=O) groups is 2. The lowest BCUT2D eigenvalue weighted by molar-refractivity contribution is -0.139. The Hall–Kier alpha value is -0.720. The van der Waals surface area contributed by atoms with Crippen LogP contribution in [0.1, 0.15) is 0 Å². The molecule has 0 saturated heterocycles. The SMILES string of the molecule is NC(COC(=O)N(CCCl)CCCl)C(=O)O. The second kappa shape index (κ2) is 8.43. The van der Waals surface area contributed by atoms with E-state index in [1.807, 2.05) is 0 Å². The first-order valence-electron chi connectivity index (χ1n) is 4.55. The zero-order valence-electron chi connectivity index (χ0n) is 8.57. The molecular formula is C8H14Cl2N2O4. The van der Waals surface area contributed by atoms with Crippen LogP contribution in [0, 0.1) is 0 Å². The molecule has 3 N–H and O–H groups in total. The van der Waals surface area contributed by atoms with Crippen LogP contribution in [0.2, 0.25) is 0 Å². The highest BCUT2D eigenvalue weighted by molar-refractivity contribution is 6.18. The minimum Gasteiger partial charge on any atom is -0.480 e. The van der Waals surface area contributed by atoms with Crippen molar-refractivity contribution in [2.75, 3.05) is 31.5 Å². The van der Waals surface area contributed by atoms with Crippen LogP contribution in [0.15, 0.2) is 0 Å². The monoisotopic (exact) mass is 272 g/mol. The number of hydrogen-bond donors (Lipinski definition) is 2. The third-order valence-corrected chi connectivity index (χ3v) is 2.01. The number of hydrogen-bond acceptors (Lipinski definition) is 4. The van der Waals surface area contributed by atoms with Crippen molar-refractivity contribution in [3.8, 4) is 0 Å². The van der Waals surface area contributed by atoms with Gasteiger partial charge in [-0.05, 0) is 0 Å². The van der Waals surface area contributed by atoms with Gasteiger partial charge in [0.1, 0.15) is 12.6 Å². The van der Waals surface area contributed by atoms with Crippen LogP contribution in [0.25, 0.3) is 0 Å². The quantitative estimate of drug-likeness (QED) is 0.651. The summed E-state index contributed by atoms with van der Waals surface area (Å²) in [4.78, 5) is 23.0. The van der Waals surface area contributed by atoms with E-state index in [0.717, 1.165) is 0 Å². The zero-order chi connectivity index (χ0) is 12.6.